The molecule has 0 saturated carbocycles. The molecule has 88 valence electrons. The Morgan fingerprint density at radius 2 is 1.81 bits per heavy atom. The van der Waals surface area contributed by atoms with Crippen LogP contribution in [-0.4, -0.2) is 20.0 Å². The minimum Gasteiger partial charge on any atom is -0.496 e. The Hall–Kier alpha value is -1.22. The molecule has 0 saturated heterocycles. The molecule has 1 atom stereocenters. The van der Waals surface area contributed by atoms with E-state index in [-0.39, 0.29) is 5.78 Å². The summed E-state index contributed by atoms with van der Waals surface area (Å²) >= 11 is 6.02. The molecule has 1 rings (SSSR count). The molecule has 0 aromatic heterocycles. The summed E-state index contributed by atoms with van der Waals surface area (Å²) in [7, 11) is 3.13. The predicted octanol–water partition coefficient (Wildman–Crippen LogP) is 2.88. The summed E-state index contributed by atoms with van der Waals surface area (Å²) in [5, 5.41) is -0.704. The molecule has 0 spiro atoms. The number of carbonyl (C=O) groups excluding carboxylic acids is 1. The fourth-order valence-electron chi connectivity index (χ4n) is 1.49. The molecule has 0 fully saturated rings. The van der Waals surface area contributed by atoms with Gasteiger partial charge in [-0.2, -0.15) is 0 Å². The fourth-order valence-corrected chi connectivity index (χ4v) is 1.66. The van der Waals surface area contributed by atoms with E-state index in [4.69, 9.17) is 21.1 Å². The van der Waals surface area contributed by atoms with Gasteiger partial charge in [0.15, 0.2) is 5.78 Å². The lowest BCUT2D eigenvalue weighted by Crippen LogP contribution is -2.05. The van der Waals surface area contributed by atoms with Gasteiger partial charge in [0.05, 0.1) is 14.2 Å². The number of halogens is 1. The average molecular weight is 243 g/mol. The van der Waals surface area contributed by atoms with Gasteiger partial charge in [0.2, 0.25) is 0 Å². The molecular formula is C12H15ClO3. The van der Waals surface area contributed by atoms with Crippen molar-refractivity contribution >= 4 is 17.4 Å². The molecule has 4 heteroatoms. The number of aryl methyl sites for hydroxylation is 1. The van der Waals surface area contributed by atoms with Crippen LogP contribution in [0.2, 0.25) is 0 Å². The number of Topliss-reactive ketones (excluding diaryl/α,β-unsaturated/α-hetero) is 1. The molecule has 0 N–H and O–H groups in total. The van der Waals surface area contributed by atoms with Crippen LogP contribution in [-0.2, 0) is 4.79 Å². The summed E-state index contributed by atoms with van der Waals surface area (Å²) in [5.41, 5.74) is 1.58. The summed E-state index contributed by atoms with van der Waals surface area (Å²) in [6.07, 6.45) is 0. The van der Waals surface area contributed by atoms with E-state index in [1.54, 1.807) is 20.3 Å². The van der Waals surface area contributed by atoms with E-state index in [1.165, 1.54) is 6.92 Å². The zero-order valence-electron chi connectivity index (χ0n) is 9.83. The molecule has 0 aliphatic rings. The number of ether oxygens (including phenoxy) is 2. The Morgan fingerprint density at radius 3 is 2.25 bits per heavy atom. The van der Waals surface area contributed by atoms with Crippen LogP contribution in [0, 0.1) is 6.92 Å². The number of alkyl halides is 1. The second-order valence-corrected chi connectivity index (χ2v) is 3.97. The highest BCUT2D eigenvalue weighted by molar-refractivity contribution is 6.31. The van der Waals surface area contributed by atoms with Crippen molar-refractivity contribution in [2.75, 3.05) is 14.2 Å². The van der Waals surface area contributed by atoms with Crippen molar-refractivity contribution in [3.63, 3.8) is 0 Å². The Balaban J connectivity index is 3.29. The third-order valence-electron chi connectivity index (χ3n) is 2.38. The Morgan fingerprint density at radius 1 is 1.25 bits per heavy atom. The molecule has 1 aromatic carbocycles. The third-order valence-corrected chi connectivity index (χ3v) is 2.92. The Kier molecular flexibility index (Phi) is 4.19. The monoisotopic (exact) mass is 242 g/mol. The van der Waals surface area contributed by atoms with Gasteiger partial charge < -0.3 is 9.47 Å². The van der Waals surface area contributed by atoms with Crippen LogP contribution >= 0.6 is 11.6 Å². The van der Waals surface area contributed by atoms with Gasteiger partial charge in [-0.25, -0.2) is 0 Å². The molecule has 3 nitrogen and oxygen atoms in total. The van der Waals surface area contributed by atoms with Gasteiger partial charge in [0, 0.05) is 5.56 Å². The van der Waals surface area contributed by atoms with Crippen LogP contribution in [0.5, 0.6) is 11.5 Å². The van der Waals surface area contributed by atoms with Gasteiger partial charge in [-0.3, -0.25) is 4.79 Å². The van der Waals surface area contributed by atoms with Crippen LogP contribution in [0.15, 0.2) is 12.1 Å². The molecule has 0 bridgehead atoms. The van der Waals surface area contributed by atoms with Crippen molar-refractivity contribution in [3.8, 4) is 11.5 Å². The second kappa shape index (κ2) is 5.21. The molecule has 0 aliphatic carbocycles. The van der Waals surface area contributed by atoms with Crippen molar-refractivity contribution in [2.24, 2.45) is 0 Å². The predicted molar refractivity (Wildman–Crippen MR) is 63.6 cm³/mol. The fraction of sp³-hybridized carbons (Fsp3) is 0.417. The summed E-state index contributed by atoms with van der Waals surface area (Å²) < 4.78 is 10.4. The zero-order chi connectivity index (χ0) is 12.3. The van der Waals surface area contributed by atoms with Crippen molar-refractivity contribution < 1.29 is 14.3 Å². The lowest BCUT2D eigenvalue weighted by molar-refractivity contribution is -0.116. The highest BCUT2D eigenvalue weighted by Crippen LogP contribution is 2.35. The molecule has 1 unspecified atom stereocenters. The standard InChI is InChI=1S/C12H15ClO3/c1-7-5-11(16-4)9(6-10(7)15-3)12(13)8(2)14/h5-6,12H,1-4H3. The van der Waals surface area contributed by atoms with E-state index < -0.39 is 5.38 Å². The average Bonchev–Trinajstić information content (AvgIpc) is 2.27. The number of benzene rings is 1. The molecular weight excluding hydrogens is 228 g/mol. The van der Waals surface area contributed by atoms with Gasteiger partial charge in [-0.1, -0.05) is 0 Å². The van der Waals surface area contributed by atoms with Gasteiger partial charge >= 0.3 is 0 Å². The number of methoxy groups -OCH3 is 2. The number of hydrogen-bond donors (Lipinski definition) is 0. The number of carbonyl (C=O) groups is 1. The summed E-state index contributed by atoms with van der Waals surface area (Å²) in [6.45, 7) is 3.35. The normalized spacial score (nSPS) is 12.1. The second-order valence-electron chi connectivity index (χ2n) is 3.54. The maximum atomic E-state index is 11.3. The van der Waals surface area contributed by atoms with Gasteiger partial charge in [0.25, 0.3) is 0 Å². The molecule has 0 amide bonds. The summed E-state index contributed by atoms with van der Waals surface area (Å²) in [6, 6.07) is 3.56. The largest absolute Gasteiger partial charge is 0.496 e. The molecule has 1 aromatic rings. The van der Waals surface area contributed by atoms with Crippen LogP contribution in [0.1, 0.15) is 23.4 Å². The number of rotatable bonds is 4. The van der Waals surface area contributed by atoms with E-state index >= 15 is 0 Å². The van der Waals surface area contributed by atoms with Crippen molar-refractivity contribution in [3.05, 3.63) is 23.3 Å². The first-order valence-electron chi connectivity index (χ1n) is 4.88. The van der Waals surface area contributed by atoms with E-state index in [2.05, 4.69) is 0 Å². The quantitative estimate of drug-likeness (QED) is 0.762. The first-order chi connectivity index (χ1) is 7.51. The summed E-state index contributed by atoms with van der Waals surface area (Å²) in [5.74, 6) is 1.18. The van der Waals surface area contributed by atoms with Crippen LogP contribution in [0.3, 0.4) is 0 Å². The first kappa shape index (κ1) is 12.8. The van der Waals surface area contributed by atoms with Crippen LogP contribution in [0.4, 0.5) is 0 Å². The van der Waals surface area contributed by atoms with E-state index in [0.29, 0.717) is 17.1 Å². The molecule has 0 heterocycles. The summed E-state index contributed by atoms with van der Waals surface area (Å²) in [4.78, 5) is 11.3. The number of hydrogen-bond acceptors (Lipinski definition) is 3. The van der Waals surface area contributed by atoms with E-state index in [1.807, 2.05) is 13.0 Å². The smallest absolute Gasteiger partial charge is 0.152 e. The van der Waals surface area contributed by atoms with Crippen LogP contribution in [0.25, 0.3) is 0 Å². The number of ketones is 1. The zero-order valence-corrected chi connectivity index (χ0v) is 10.6. The Bertz CT molecular complexity index is 401. The minimum atomic E-state index is -0.704. The van der Waals surface area contributed by atoms with Gasteiger partial charge in [-0.05, 0) is 31.5 Å². The highest BCUT2D eigenvalue weighted by atomic mass is 35.5. The topological polar surface area (TPSA) is 35.5 Å². The van der Waals surface area contributed by atoms with Crippen molar-refractivity contribution in [1.82, 2.24) is 0 Å². The third kappa shape index (κ3) is 2.47. The lowest BCUT2D eigenvalue weighted by Gasteiger charge is -2.15. The van der Waals surface area contributed by atoms with E-state index in [0.717, 1.165) is 5.56 Å². The Labute approximate surface area is 100 Å². The molecule has 0 radical (unpaired) electrons. The van der Waals surface area contributed by atoms with E-state index in [9.17, 15) is 4.79 Å². The maximum Gasteiger partial charge on any atom is 0.152 e. The van der Waals surface area contributed by atoms with Crippen molar-refractivity contribution in [1.29, 1.82) is 0 Å². The maximum absolute atomic E-state index is 11.3. The molecule has 16 heavy (non-hydrogen) atoms. The molecule has 0 aliphatic heterocycles. The highest BCUT2D eigenvalue weighted by Gasteiger charge is 2.19. The SMILES string of the molecule is COc1cc(C(Cl)C(C)=O)c(OC)cc1C. The van der Waals surface area contributed by atoms with Gasteiger partial charge in [-0.15, -0.1) is 11.6 Å². The lowest BCUT2D eigenvalue weighted by atomic mass is 10.0. The van der Waals surface area contributed by atoms with Gasteiger partial charge in [0.1, 0.15) is 16.9 Å². The first-order valence-corrected chi connectivity index (χ1v) is 5.32. The van der Waals surface area contributed by atoms with Crippen LogP contribution < -0.4 is 9.47 Å². The van der Waals surface area contributed by atoms with Crippen molar-refractivity contribution in [2.45, 2.75) is 19.2 Å². The minimum absolute atomic E-state index is 0.120.